The van der Waals surface area contributed by atoms with E-state index in [4.69, 9.17) is 4.74 Å². The quantitative estimate of drug-likeness (QED) is 0.768. The molecule has 8 heteroatoms. The molecule has 128 valence electrons. The van der Waals surface area contributed by atoms with Gasteiger partial charge in [-0.05, 0) is 43.3 Å². The molecule has 0 bridgehead atoms. The molecule has 0 aliphatic heterocycles. The van der Waals surface area contributed by atoms with Crippen LogP contribution < -0.4 is 4.74 Å². The Labute approximate surface area is 141 Å². The molecule has 3 aromatic rings. The first-order chi connectivity index (χ1) is 12.0. The van der Waals surface area contributed by atoms with Crippen molar-refractivity contribution in [3.8, 4) is 22.7 Å². The number of hydrogen-bond donors (Lipinski definition) is 1. The summed E-state index contributed by atoms with van der Waals surface area (Å²) in [6.45, 7) is 2.35. The normalized spacial score (nSPS) is 10.7. The third kappa shape index (κ3) is 3.32. The van der Waals surface area contributed by atoms with Gasteiger partial charge in [0, 0.05) is 11.6 Å². The van der Waals surface area contributed by atoms with Crippen molar-refractivity contribution < 1.29 is 23.4 Å². The minimum atomic E-state index is -1.35. The molecule has 0 fully saturated rings. The summed E-state index contributed by atoms with van der Waals surface area (Å²) in [5, 5.41) is 16.8. The number of rotatable bonds is 5. The number of halogens is 2. The number of nitrogens with zero attached hydrogens (tertiary/aromatic N) is 3. The summed E-state index contributed by atoms with van der Waals surface area (Å²) in [6, 6.07) is 9.40. The zero-order chi connectivity index (χ0) is 18.0. The molecular weight excluding hydrogens is 332 g/mol. The molecule has 0 saturated carbocycles. The lowest BCUT2D eigenvalue weighted by molar-refractivity contribution is 0.0691. The fraction of sp³-hybridized carbons (Fsp3) is 0.118. The highest BCUT2D eigenvalue weighted by molar-refractivity contribution is 5.93. The first kappa shape index (κ1) is 16.6. The molecular formula is C17H13F2N3O3. The molecule has 1 aromatic heterocycles. The van der Waals surface area contributed by atoms with Gasteiger partial charge < -0.3 is 9.84 Å². The zero-order valence-electron chi connectivity index (χ0n) is 13.1. The van der Waals surface area contributed by atoms with E-state index in [0.717, 1.165) is 12.1 Å². The van der Waals surface area contributed by atoms with Crippen molar-refractivity contribution in [1.29, 1.82) is 0 Å². The fourth-order valence-electron chi connectivity index (χ4n) is 2.41. The molecule has 0 saturated heterocycles. The van der Waals surface area contributed by atoms with Crippen LogP contribution in [-0.2, 0) is 0 Å². The van der Waals surface area contributed by atoms with E-state index >= 15 is 0 Å². The van der Waals surface area contributed by atoms with Crippen LogP contribution in [0.3, 0.4) is 0 Å². The lowest BCUT2D eigenvalue weighted by Gasteiger charge is -2.09. The maximum atomic E-state index is 13.6. The summed E-state index contributed by atoms with van der Waals surface area (Å²) in [5.74, 6) is -2.38. The Hall–Kier alpha value is -3.29. The van der Waals surface area contributed by atoms with Crippen LogP contribution in [0.4, 0.5) is 8.78 Å². The summed E-state index contributed by atoms with van der Waals surface area (Å²) in [5.41, 5.74) is 0.0749. The van der Waals surface area contributed by atoms with Gasteiger partial charge in [0.05, 0.1) is 12.3 Å². The molecule has 1 N–H and O–H groups in total. The second-order valence-electron chi connectivity index (χ2n) is 5.09. The third-order valence-electron chi connectivity index (χ3n) is 3.40. The van der Waals surface area contributed by atoms with Gasteiger partial charge in [0.1, 0.15) is 23.1 Å². The van der Waals surface area contributed by atoms with E-state index in [0.29, 0.717) is 24.1 Å². The fourth-order valence-corrected chi connectivity index (χ4v) is 2.41. The SMILES string of the molecule is CCOc1ccc(-n2nnc(C(=O)O)c2-c2cc(F)cc(F)c2)cc1. The van der Waals surface area contributed by atoms with E-state index in [2.05, 4.69) is 10.3 Å². The molecule has 3 rings (SSSR count). The summed E-state index contributed by atoms with van der Waals surface area (Å²) >= 11 is 0. The van der Waals surface area contributed by atoms with E-state index in [1.54, 1.807) is 24.3 Å². The van der Waals surface area contributed by atoms with Crippen molar-refractivity contribution >= 4 is 5.97 Å². The number of aromatic carboxylic acids is 1. The van der Waals surface area contributed by atoms with Gasteiger partial charge >= 0.3 is 5.97 Å². The summed E-state index contributed by atoms with van der Waals surface area (Å²) < 4.78 is 33.7. The van der Waals surface area contributed by atoms with Gasteiger partial charge in [-0.3, -0.25) is 0 Å². The van der Waals surface area contributed by atoms with Crippen molar-refractivity contribution in [3.05, 3.63) is 59.8 Å². The highest BCUT2D eigenvalue weighted by Crippen LogP contribution is 2.27. The van der Waals surface area contributed by atoms with Crippen molar-refractivity contribution in [2.24, 2.45) is 0 Å². The summed E-state index contributed by atoms with van der Waals surface area (Å²) in [4.78, 5) is 11.4. The Balaban J connectivity index is 2.16. The topological polar surface area (TPSA) is 77.2 Å². The Bertz CT molecular complexity index is 903. The van der Waals surface area contributed by atoms with Gasteiger partial charge in [-0.2, -0.15) is 0 Å². The van der Waals surface area contributed by atoms with E-state index in [9.17, 15) is 18.7 Å². The number of hydrogen-bond acceptors (Lipinski definition) is 4. The lowest BCUT2D eigenvalue weighted by Crippen LogP contribution is -2.04. The van der Waals surface area contributed by atoms with Crippen LogP contribution in [0.25, 0.3) is 16.9 Å². The van der Waals surface area contributed by atoms with Crippen LogP contribution in [0, 0.1) is 11.6 Å². The third-order valence-corrected chi connectivity index (χ3v) is 3.40. The van der Waals surface area contributed by atoms with E-state index in [1.165, 1.54) is 4.68 Å². The Kier molecular flexibility index (Phi) is 4.42. The van der Waals surface area contributed by atoms with Crippen molar-refractivity contribution in [2.75, 3.05) is 6.61 Å². The highest BCUT2D eigenvalue weighted by Gasteiger charge is 2.22. The van der Waals surface area contributed by atoms with Crippen LogP contribution in [0.2, 0.25) is 0 Å². The van der Waals surface area contributed by atoms with Gasteiger partial charge in [-0.15, -0.1) is 5.10 Å². The molecule has 0 atom stereocenters. The predicted octanol–water partition coefficient (Wildman–Crippen LogP) is 3.31. The number of aromatic nitrogens is 3. The number of carboxylic acid groups (broad SMARTS) is 1. The molecule has 2 aromatic carbocycles. The number of ether oxygens (including phenoxy) is 1. The van der Waals surface area contributed by atoms with Gasteiger partial charge in [0.2, 0.25) is 0 Å². The summed E-state index contributed by atoms with van der Waals surface area (Å²) in [7, 11) is 0. The second-order valence-corrected chi connectivity index (χ2v) is 5.09. The average Bonchev–Trinajstić information content (AvgIpc) is 3.00. The molecule has 1 heterocycles. The van der Waals surface area contributed by atoms with Gasteiger partial charge in [-0.1, -0.05) is 5.21 Å². The van der Waals surface area contributed by atoms with Crippen LogP contribution in [0.5, 0.6) is 5.75 Å². The largest absolute Gasteiger partial charge is 0.494 e. The summed E-state index contributed by atoms with van der Waals surface area (Å²) in [6.07, 6.45) is 0. The van der Waals surface area contributed by atoms with E-state index in [1.807, 2.05) is 6.92 Å². The molecule has 6 nitrogen and oxygen atoms in total. The molecule has 0 radical (unpaired) electrons. The Morgan fingerprint density at radius 1 is 1.16 bits per heavy atom. The van der Waals surface area contributed by atoms with Crippen molar-refractivity contribution in [2.45, 2.75) is 6.92 Å². The van der Waals surface area contributed by atoms with E-state index < -0.39 is 23.3 Å². The maximum absolute atomic E-state index is 13.6. The molecule has 0 unspecified atom stereocenters. The molecule has 0 aliphatic rings. The van der Waals surface area contributed by atoms with Crippen LogP contribution >= 0.6 is 0 Å². The van der Waals surface area contributed by atoms with Crippen LogP contribution in [0.15, 0.2) is 42.5 Å². The first-order valence-electron chi connectivity index (χ1n) is 7.38. The minimum Gasteiger partial charge on any atom is -0.494 e. The van der Waals surface area contributed by atoms with Crippen molar-refractivity contribution in [1.82, 2.24) is 15.0 Å². The van der Waals surface area contributed by atoms with Gasteiger partial charge in [0.15, 0.2) is 5.69 Å². The predicted molar refractivity (Wildman–Crippen MR) is 84.8 cm³/mol. The van der Waals surface area contributed by atoms with Gasteiger partial charge in [0.25, 0.3) is 0 Å². The lowest BCUT2D eigenvalue weighted by atomic mass is 10.1. The Morgan fingerprint density at radius 3 is 2.36 bits per heavy atom. The minimum absolute atomic E-state index is 0.0185. The molecule has 0 spiro atoms. The first-order valence-corrected chi connectivity index (χ1v) is 7.38. The standard InChI is InChI=1S/C17H13F2N3O3/c1-2-25-14-5-3-13(4-6-14)22-16(15(17(23)24)20-21-22)10-7-11(18)9-12(19)8-10/h3-9H,2H2,1H3,(H,23,24). The highest BCUT2D eigenvalue weighted by atomic mass is 19.1. The monoisotopic (exact) mass is 345 g/mol. The second kappa shape index (κ2) is 6.68. The average molecular weight is 345 g/mol. The van der Waals surface area contributed by atoms with E-state index in [-0.39, 0.29) is 11.3 Å². The number of carboxylic acids is 1. The maximum Gasteiger partial charge on any atom is 0.358 e. The zero-order valence-corrected chi connectivity index (χ0v) is 13.1. The molecule has 0 amide bonds. The number of benzene rings is 2. The van der Waals surface area contributed by atoms with Crippen LogP contribution in [0.1, 0.15) is 17.4 Å². The van der Waals surface area contributed by atoms with Gasteiger partial charge in [-0.25, -0.2) is 18.3 Å². The smallest absolute Gasteiger partial charge is 0.358 e. The van der Waals surface area contributed by atoms with Crippen molar-refractivity contribution in [3.63, 3.8) is 0 Å². The molecule has 0 aliphatic carbocycles. The number of carbonyl (C=O) groups is 1. The van der Waals surface area contributed by atoms with Crippen LogP contribution in [-0.4, -0.2) is 32.7 Å². The molecule has 25 heavy (non-hydrogen) atoms. The Morgan fingerprint density at radius 2 is 1.80 bits per heavy atom.